The standard InChI is InChI=1S/C14H16ClNO2/c15-12-3-1-2-11(10-12)14(4-5-14)13(17)16-6-8-18-9-7-16/h1-3,10H,4-9H2. The van der Waals surface area contributed by atoms with Crippen molar-refractivity contribution in [2.75, 3.05) is 26.3 Å². The lowest BCUT2D eigenvalue weighted by Gasteiger charge is -2.30. The van der Waals surface area contributed by atoms with E-state index in [-0.39, 0.29) is 11.3 Å². The third kappa shape index (κ3) is 2.02. The predicted octanol–water partition coefficient (Wildman–Crippen LogP) is 2.23. The van der Waals surface area contributed by atoms with Crippen molar-refractivity contribution in [3.8, 4) is 0 Å². The molecule has 0 radical (unpaired) electrons. The Morgan fingerprint density at radius 2 is 2.00 bits per heavy atom. The first-order valence-electron chi connectivity index (χ1n) is 6.35. The van der Waals surface area contributed by atoms with Crippen LogP contribution >= 0.6 is 11.6 Å². The van der Waals surface area contributed by atoms with Crippen LogP contribution in [0.15, 0.2) is 24.3 Å². The Hall–Kier alpha value is -1.06. The fraction of sp³-hybridized carbons (Fsp3) is 0.500. The minimum Gasteiger partial charge on any atom is -0.378 e. The Balaban J connectivity index is 1.84. The van der Waals surface area contributed by atoms with Gasteiger partial charge in [-0.25, -0.2) is 0 Å². The number of morpholine rings is 1. The molecule has 1 aliphatic heterocycles. The monoisotopic (exact) mass is 265 g/mol. The lowest BCUT2D eigenvalue weighted by atomic mass is 9.94. The zero-order valence-corrected chi connectivity index (χ0v) is 10.9. The molecule has 1 saturated heterocycles. The third-order valence-electron chi connectivity index (χ3n) is 3.83. The van der Waals surface area contributed by atoms with Crippen LogP contribution in [0.3, 0.4) is 0 Å². The van der Waals surface area contributed by atoms with Gasteiger partial charge in [0.2, 0.25) is 5.91 Å². The normalized spacial score (nSPS) is 21.7. The number of rotatable bonds is 2. The molecule has 1 aromatic carbocycles. The molecule has 1 aliphatic carbocycles. The maximum absolute atomic E-state index is 12.6. The van der Waals surface area contributed by atoms with Crippen LogP contribution in [0, 0.1) is 0 Å². The van der Waals surface area contributed by atoms with E-state index in [2.05, 4.69) is 0 Å². The van der Waals surface area contributed by atoms with Gasteiger partial charge in [-0.05, 0) is 30.5 Å². The summed E-state index contributed by atoms with van der Waals surface area (Å²) in [4.78, 5) is 14.5. The van der Waals surface area contributed by atoms with Crippen LogP contribution in [0.4, 0.5) is 0 Å². The minimum absolute atomic E-state index is 0.244. The molecule has 1 saturated carbocycles. The summed E-state index contributed by atoms with van der Waals surface area (Å²) in [7, 11) is 0. The second-order valence-electron chi connectivity index (χ2n) is 5.00. The smallest absolute Gasteiger partial charge is 0.233 e. The molecule has 3 nitrogen and oxygen atoms in total. The number of hydrogen-bond donors (Lipinski definition) is 0. The van der Waals surface area contributed by atoms with Crippen LogP contribution < -0.4 is 0 Å². The largest absolute Gasteiger partial charge is 0.378 e. The summed E-state index contributed by atoms with van der Waals surface area (Å²) >= 11 is 6.02. The molecular formula is C14H16ClNO2. The molecule has 0 unspecified atom stereocenters. The van der Waals surface area contributed by atoms with Gasteiger partial charge in [-0.2, -0.15) is 0 Å². The predicted molar refractivity (Wildman–Crippen MR) is 69.8 cm³/mol. The summed E-state index contributed by atoms with van der Waals surface area (Å²) in [6.07, 6.45) is 1.87. The molecule has 1 heterocycles. The van der Waals surface area contributed by atoms with Crippen molar-refractivity contribution in [3.63, 3.8) is 0 Å². The molecule has 1 aromatic rings. The number of amides is 1. The van der Waals surface area contributed by atoms with E-state index in [1.54, 1.807) is 0 Å². The van der Waals surface area contributed by atoms with Crippen LogP contribution in [0.25, 0.3) is 0 Å². The zero-order valence-electron chi connectivity index (χ0n) is 10.2. The van der Waals surface area contributed by atoms with E-state index >= 15 is 0 Å². The number of ether oxygens (including phenoxy) is 1. The molecular weight excluding hydrogens is 250 g/mol. The summed E-state index contributed by atoms with van der Waals surface area (Å²) in [5.41, 5.74) is 0.758. The first kappa shape index (κ1) is 12.0. The van der Waals surface area contributed by atoms with Crippen LogP contribution in [0.5, 0.6) is 0 Å². The van der Waals surface area contributed by atoms with Gasteiger partial charge in [0.25, 0.3) is 0 Å². The third-order valence-corrected chi connectivity index (χ3v) is 4.07. The van der Waals surface area contributed by atoms with Gasteiger partial charge in [-0.1, -0.05) is 23.7 Å². The van der Waals surface area contributed by atoms with Crippen molar-refractivity contribution in [2.24, 2.45) is 0 Å². The van der Waals surface area contributed by atoms with Gasteiger partial charge < -0.3 is 9.64 Å². The van der Waals surface area contributed by atoms with Crippen LogP contribution in [0.1, 0.15) is 18.4 Å². The fourth-order valence-electron chi connectivity index (χ4n) is 2.61. The van der Waals surface area contributed by atoms with Gasteiger partial charge in [0.15, 0.2) is 0 Å². The van der Waals surface area contributed by atoms with Gasteiger partial charge in [-0.3, -0.25) is 4.79 Å². The summed E-state index contributed by atoms with van der Waals surface area (Å²) in [5.74, 6) is 0.244. The molecule has 0 aromatic heterocycles. The van der Waals surface area contributed by atoms with Crippen LogP contribution in [-0.4, -0.2) is 37.1 Å². The van der Waals surface area contributed by atoms with Gasteiger partial charge in [0.1, 0.15) is 0 Å². The van der Waals surface area contributed by atoms with Crippen molar-refractivity contribution in [1.82, 2.24) is 4.90 Å². The second kappa shape index (κ2) is 4.56. The average molecular weight is 266 g/mol. The molecule has 96 valence electrons. The van der Waals surface area contributed by atoms with Gasteiger partial charge in [0.05, 0.1) is 18.6 Å². The Bertz CT molecular complexity index is 465. The van der Waals surface area contributed by atoms with Crippen molar-refractivity contribution in [1.29, 1.82) is 0 Å². The Morgan fingerprint density at radius 3 is 2.61 bits per heavy atom. The first-order valence-corrected chi connectivity index (χ1v) is 6.73. The highest BCUT2D eigenvalue weighted by Crippen LogP contribution is 2.50. The molecule has 4 heteroatoms. The molecule has 0 spiro atoms. The molecule has 1 amide bonds. The maximum Gasteiger partial charge on any atom is 0.233 e. The van der Waals surface area contributed by atoms with E-state index in [9.17, 15) is 4.79 Å². The Morgan fingerprint density at radius 1 is 1.28 bits per heavy atom. The topological polar surface area (TPSA) is 29.5 Å². The van der Waals surface area contributed by atoms with Crippen molar-refractivity contribution >= 4 is 17.5 Å². The van der Waals surface area contributed by atoms with E-state index in [4.69, 9.17) is 16.3 Å². The highest BCUT2D eigenvalue weighted by atomic mass is 35.5. The molecule has 3 rings (SSSR count). The molecule has 0 N–H and O–H groups in total. The summed E-state index contributed by atoms with van der Waals surface area (Å²) in [5, 5.41) is 0.702. The second-order valence-corrected chi connectivity index (χ2v) is 5.43. The quantitative estimate of drug-likeness (QED) is 0.821. The van der Waals surface area contributed by atoms with E-state index in [1.807, 2.05) is 29.2 Å². The number of nitrogens with zero attached hydrogens (tertiary/aromatic N) is 1. The Labute approximate surface area is 112 Å². The zero-order chi connectivity index (χ0) is 12.6. The van der Waals surface area contributed by atoms with Crippen LogP contribution in [-0.2, 0) is 14.9 Å². The molecule has 2 aliphatic rings. The van der Waals surface area contributed by atoms with Gasteiger partial charge in [-0.15, -0.1) is 0 Å². The van der Waals surface area contributed by atoms with Crippen molar-refractivity contribution in [3.05, 3.63) is 34.9 Å². The summed E-state index contributed by atoms with van der Waals surface area (Å²) in [6, 6.07) is 7.70. The van der Waals surface area contributed by atoms with E-state index in [0.717, 1.165) is 18.4 Å². The maximum atomic E-state index is 12.6. The number of benzene rings is 1. The van der Waals surface area contributed by atoms with E-state index in [0.29, 0.717) is 31.3 Å². The van der Waals surface area contributed by atoms with Gasteiger partial charge >= 0.3 is 0 Å². The lowest BCUT2D eigenvalue weighted by Crippen LogP contribution is -2.45. The van der Waals surface area contributed by atoms with E-state index < -0.39 is 0 Å². The fourth-order valence-corrected chi connectivity index (χ4v) is 2.80. The SMILES string of the molecule is O=C(N1CCOCC1)C1(c2cccc(Cl)c2)CC1. The minimum atomic E-state index is -0.303. The highest BCUT2D eigenvalue weighted by molar-refractivity contribution is 6.30. The van der Waals surface area contributed by atoms with Crippen molar-refractivity contribution < 1.29 is 9.53 Å². The summed E-state index contributed by atoms with van der Waals surface area (Å²) < 4.78 is 5.29. The number of hydrogen-bond acceptors (Lipinski definition) is 2. The number of halogens is 1. The first-order chi connectivity index (χ1) is 8.72. The van der Waals surface area contributed by atoms with Gasteiger partial charge in [0, 0.05) is 18.1 Å². The molecule has 0 atom stereocenters. The highest BCUT2D eigenvalue weighted by Gasteiger charge is 2.53. The number of carbonyl (C=O) groups is 1. The molecule has 0 bridgehead atoms. The average Bonchev–Trinajstić information content (AvgIpc) is 3.20. The Kier molecular flexibility index (Phi) is 3.04. The lowest BCUT2D eigenvalue weighted by molar-refractivity contribution is -0.138. The number of carbonyl (C=O) groups excluding carboxylic acids is 1. The van der Waals surface area contributed by atoms with Crippen molar-refractivity contribution in [2.45, 2.75) is 18.3 Å². The molecule has 2 fully saturated rings. The molecule has 18 heavy (non-hydrogen) atoms. The summed E-state index contributed by atoms with van der Waals surface area (Å²) in [6.45, 7) is 2.72. The van der Waals surface area contributed by atoms with E-state index in [1.165, 1.54) is 0 Å². The van der Waals surface area contributed by atoms with Crippen LogP contribution in [0.2, 0.25) is 5.02 Å².